The predicted molar refractivity (Wildman–Crippen MR) is 270 cm³/mol. The number of aryl methyl sites for hydroxylation is 2. The lowest BCUT2D eigenvalue weighted by Gasteiger charge is -2.17. The van der Waals surface area contributed by atoms with E-state index in [0.717, 1.165) is 53.7 Å². The van der Waals surface area contributed by atoms with Gasteiger partial charge >= 0.3 is 0 Å². The molecule has 23 heteroatoms. The van der Waals surface area contributed by atoms with Crippen LogP contribution in [0.15, 0.2) is 120 Å². The molecule has 4 aromatic heterocycles. The average Bonchev–Trinajstić information content (AvgIpc) is 4.08. The van der Waals surface area contributed by atoms with Gasteiger partial charge in [-0.2, -0.15) is 0 Å². The summed E-state index contributed by atoms with van der Waals surface area (Å²) < 4.78 is 69.1. The molecule has 0 radical (unpaired) electrons. The van der Waals surface area contributed by atoms with Crippen LogP contribution in [0.2, 0.25) is 0 Å². The summed E-state index contributed by atoms with van der Waals surface area (Å²) in [7, 11) is -9.11. The Kier molecular flexibility index (Phi) is 20.4. The van der Waals surface area contributed by atoms with Crippen LogP contribution in [0.3, 0.4) is 0 Å². The third kappa shape index (κ3) is 16.3. The molecular formula is C43H52N11O6S6-. The number of hydrogen-bond donors (Lipinski definition) is 5. The van der Waals surface area contributed by atoms with E-state index in [2.05, 4.69) is 31.0 Å². The first kappa shape index (κ1) is 54.6. The van der Waals surface area contributed by atoms with E-state index in [1.807, 2.05) is 94.7 Å². The van der Waals surface area contributed by atoms with Gasteiger partial charge in [0, 0.05) is 33.3 Å². The van der Waals surface area contributed by atoms with Crippen LogP contribution in [0.5, 0.6) is 0 Å². The Bertz CT molecular complexity index is 2710. The first-order chi connectivity index (χ1) is 29.7. The largest absolute Gasteiger partial charge is 0.731 e. The van der Waals surface area contributed by atoms with Crippen LogP contribution in [0.25, 0.3) is 21.1 Å². The molecule has 0 saturated carbocycles. The van der Waals surface area contributed by atoms with Crippen molar-refractivity contribution in [3.8, 4) is 21.1 Å². The lowest BCUT2D eigenvalue weighted by molar-refractivity contribution is 0.467. The summed E-state index contributed by atoms with van der Waals surface area (Å²) >= 11 is 6.07. The van der Waals surface area contributed by atoms with Crippen molar-refractivity contribution in [3.05, 3.63) is 152 Å². The average molecular weight is 1010 g/mol. The summed E-state index contributed by atoms with van der Waals surface area (Å²) in [4.78, 5) is 9.65. The molecule has 8 aromatic rings. The number of anilines is 4. The quantitative estimate of drug-likeness (QED) is 0.0563. The molecule has 0 aliphatic carbocycles. The summed E-state index contributed by atoms with van der Waals surface area (Å²) in [6.45, 7) is 3.79. The van der Waals surface area contributed by atoms with Crippen LogP contribution in [0.4, 0.5) is 21.6 Å². The van der Waals surface area contributed by atoms with Crippen LogP contribution >= 0.6 is 45.3 Å². The molecule has 4 heterocycles. The minimum absolute atomic E-state index is 0. The van der Waals surface area contributed by atoms with Crippen LogP contribution in [-0.2, 0) is 33.4 Å². The van der Waals surface area contributed by atoms with E-state index >= 15 is 0 Å². The number of nitrogens with one attached hydrogen (secondary N) is 4. The minimum atomic E-state index is -4.55. The summed E-state index contributed by atoms with van der Waals surface area (Å²) in [6.07, 6.45) is 1.17. The van der Waals surface area contributed by atoms with Crippen molar-refractivity contribution in [1.82, 2.24) is 36.5 Å². The molecule has 0 aliphatic rings. The molecule has 0 unspecified atom stereocenters. The van der Waals surface area contributed by atoms with E-state index in [9.17, 15) is 25.9 Å². The molecule has 0 amide bonds. The number of benzene rings is 4. The van der Waals surface area contributed by atoms with Crippen LogP contribution in [0, 0.1) is 13.8 Å². The highest BCUT2D eigenvalue weighted by atomic mass is 32.2. The molecule has 0 bridgehead atoms. The van der Waals surface area contributed by atoms with E-state index in [-0.39, 0.29) is 51.9 Å². The normalized spacial score (nSPS) is 11.7. The van der Waals surface area contributed by atoms with E-state index in [0.29, 0.717) is 23.1 Å². The van der Waals surface area contributed by atoms with Gasteiger partial charge < -0.3 is 25.9 Å². The third-order valence-corrected chi connectivity index (χ3v) is 13.1. The molecule has 17 nitrogen and oxygen atoms in total. The van der Waals surface area contributed by atoms with Gasteiger partial charge in [-0.25, -0.2) is 26.8 Å². The van der Waals surface area contributed by atoms with Crippen LogP contribution in [0.1, 0.15) is 66.9 Å². The number of rotatable bonds is 16. The Morgan fingerprint density at radius 2 is 0.879 bits per heavy atom. The van der Waals surface area contributed by atoms with Gasteiger partial charge in [-0.1, -0.05) is 130 Å². The van der Waals surface area contributed by atoms with Crippen molar-refractivity contribution < 1.29 is 25.9 Å². The first-order valence-corrected chi connectivity index (χ1v) is 24.7. The Morgan fingerprint density at radius 3 is 1.18 bits per heavy atom. The van der Waals surface area contributed by atoms with Crippen molar-refractivity contribution in [2.45, 2.75) is 61.1 Å². The maximum atomic E-state index is 10.9. The molecule has 2 atom stereocenters. The third-order valence-electron chi connectivity index (χ3n) is 8.72. The van der Waals surface area contributed by atoms with Gasteiger partial charge in [0.1, 0.15) is 20.0 Å². The standard InChI is InChI=1S/2C20H19N5O3S3.3CH4.H3N/c2*1-13-23-24-20(30-13)22-17(11-14-7-9-16(10-8-14)25-31(26,27)28)18-12-29-19(21-18)15-5-3-2-4-6-15;;;;/h2*2-10,12,17,25H,11H2,1H3,(H,22,24)(H,26,27,28);3*1H4;1H3/p-1/t2*17-;;;;/m00..../s1. The highest BCUT2D eigenvalue weighted by Gasteiger charge is 2.20. The maximum absolute atomic E-state index is 10.9. The SMILES string of the molecule is C.C.C.Cc1nnc(N[C@@H](Cc2ccc(NS(=O)(=O)[O-])cc2)c2csc(-c3ccccc3)n2)s1.Cc1nnc(N[C@@H](Cc2ccc(NS(=O)(=O)[O-])cc2)c2csc(-c3ccccc3)n2)s1.[NH4+]. The topological polar surface area (TPSA) is 276 Å². The molecule has 8 rings (SSSR count). The molecule has 0 saturated heterocycles. The zero-order chi connectivity index (χ0) is 43.7. The van der Waals surface area contributed by atoms with Gasteiger partial charge in [0.05, 0.1) is 23.5 Å². The summed E-state index contributed by atoms with van der Waals surface area (Å²) in [5.74, 6) is 0. The molecule has 352 valence electrons. The minimum Gasteiger partial charge on any atom is -0.731 e. The molecule has 8 N–H and O–H groups in total. The second-order valence-electron chi connectivity index (χ2n) is 13.4. The number of quaternary nitrogens is 1. The number of thiazole rings is 2. The van der Waals surface area contributed by atoms with E-state index in [1.165, 1.54) is 22.7 Å². The fraction of sp³-hybridized carbons (Fsp3) is 0.209. The predicted octanol–water partition coefficient (Wildman–Crippen LogP) is 10.8. The van der Waals surface area contributed by atoms with Gasteiger partial charge in [-0.05, 0) is 62.1 Å². The monoisotopic (exact) mass is 1010 g/mol. The molecule has 66 heavy (non-hydrogen) atoms. The van der Waals surface area contributed by atoms with Crippen molar-refractivity contribution in [3.63, 3.8) is 0 Å². The fourth-order valence-corrected chi connectivity index (χ4v) is 9.86. The fourth-order valence-electron chi connectivity index (χ4n) is 5.96. The second-order valence-corrected chi connectivity index (χ2v) is 19.8. The zero-order valence-corrected chi connectivity index (χ0v) is 38.6. The lowest BCUT2D eigenvalue weighted by Crippen LogP contribution is -2.14. The molecule has 0 spiro atoms. The van der Waals surface area contributed by atoms with E-state index in [1.54, 1.807) is 71.2 Å². The molecule has 0 fully saturated rings. The lowest BCUT2D eigenvalue weighted by atomic mass is 10.0. The number of hydrogen-bond acceptors (Lipinski definition) is 18. The smallest absolute Gasteiger partial charge is 0.206 e. The molecular weight excluding hydrogens is 959 g/mol. The van der Waals surface area contributed by atoms with Crippen molar-refractivity contribution in [2.75, 3.05) is 20.1 Å². The van der Waals surface area contributed by atoms with E-state index in [4.69, 9.17) is 9.97 Å². The number of nitrogens with zero attached hydrogens (tertiary/aromatic N) is 6. The maximum Gasteiger partial charge on any atom is 0.206 e. The van der Waals surface area contributed by atoms with Gasteiger partial charge in [0.25, 0.3) is 0 Å². The number of aromatic nitrogens is 6. The van der Waals surface area contributed by atoms with Crippen molar-refractivity contribution in [1.29, 1.82) is 0 Å². The van der Waals surface area contributed by atoms with Crippen LogP contribution < -0.4 is 26.2 Å². The Balaban J connectivity index is 0.000000330. The van der Waals surface area contributed by atoms with Gasteiger partial charge in [0.15, 0.2) is 20.6 Å². The van der Waals surface area contributed by atoms with Crippen molar-refractivity contribution in [2.24, 2.45) is 0 Å². The van der Waals surface area contributed by atoms with Crippen molar-refractivity contribution >= 4 is 87.6 Å². The summed E-state index contributed by atoms with van der Waals surface area (Å²) in [5, 5.41) is 32.3. The highest BCUT2D eigenvalue weighted by Crippen LogP contribution is 2.33. The first-order valence-electron chi connectivity index (χ1n) is 18.5. The van der Waals surface area contributed by atoms with Gasteiger partial charge in [0.2, 0.25) is 10.3 Å². The second kappa shape index (κ2) is 24.7. The molecule has 0 aliphatic heterocycles. The van der Waals surface area contributed by atoms with E-state index < -0.39 is 20.6 Å². The zero-order valence-electron chi connectivity index (χ0n) is 33.7. The Labute approximate surface area is 402 Å². The summed E-state index contributed by atoms with van der Waals surface area (Å²) in [5.41, 5.74) is 6.20. The molecule has 4 aromatic carbocycles. The Morgan fingerprint density at radius 1 is 0.530 bits per heavy atom. The van der Waals surface area contributed by atoms with Gasteiger partial charge in [-0.3, -0.25) is 9.44 Å². The Hall–Kier alpha value is -5.76. The van der Waals surface area contributed by atoms with Gasteiger partial charge in [-0.15, -0.1) is 43.1 Å². The van der Waals surface area contributed by atoms with Crippen LogP contribution in [-0.4, -0.2) is 56.3 Å². The summed E-state index contributed by atoms with van der Waals surface area (Å²) in [6, 6.07) is 33.0. The highest BCUT2D eigenvalue weighted by molar-refractivity contribution is 7.87.